The lowest BCUT2D eigenvalue weighted by Gasteiger charge is -2.10. The normalized spacial score (nSPS) is 18.1. The molecular formula is C8H18O3S2. The second-order valence-corrected chi connectivity index (χ2v) is 5.50. The van der Waals surface area contributed by atoms with Crippen LogP contribution in [0.1, 0.15) is 46.0 Å². The van der Waals surface area contributed by atoms with Gasteiger partial charge in [-0.15, -0.1) is 0 Å². The Balaban J connectivity index is 3.47. The van der Waals surface area contributed by atoms with Crippen molar-refractivity contribution in [2.45, 2.75) is 52.1 Å². The van der Waals surface area contributed by atoms with E-state index in [4.69, 9.17) is 8.74 Å². The van der Waals surface area contributed by atoms with E-state index >= 15 is 0 Å². The molecule has 0 aliphatic carbocycles. The minimum absolute atomic E-state index is 0.216. The minimum Gasteiger partial charge on any atom is -0.285 e. The molecule has 1 N–H and O–H groups in total. The highest BCUT2D eigenvalue weighted by atomic mass is 32.9. The Morgan fingerprint density at radius 1 is 1.46 bits per heavy atom. The molecule has 1 unspecified atom stereocenters. The lowest BCUT2D eigenvalue weighted by molar-refractivity contribution is 0.206. The van der Waals surface area contributed by atoms with Crippen LogP contribution in [-0.2, 0) is 24.4 Å². The van der Waals surface area contributed by atoms with Crippen molar-refractivity contribution in [2.24, 2.45) is 0 Å². The minimum atomic E-state index is -3.43. The van der Waals surface area contributed by atoms with Gasteiger partial charge in [-0.1, -0.05) is 32.6 Å². The zero-order valence-corrected chi connectivity index (χ0v) is 9.83. The summed E-state index contributed by atoms with van der Waals surface area (Å²) < 4.78 is 24.1. The molecule has 0 saturated carbocycles. The summed E-state index contributed by atoms with van der Waals surface area (Å²) in [5.74, 6) is 0. The first-order chi connectivity index (χ1) is 5.95. The average Bonchev–Trinajstić information content (AvgIpc) is 1.94. The molecular weight excluding hydrogens is 208 g/mol. The Kier molecular flexibility index (Phi) is 6.85. The molecule has 0 spiro atoms. The molecule has 2 atom stereocenters. The van der Waals surface area contributed by atoms with Gasteiger partial charge in [0.2, 0.25) is 0 Å². The Labute approximate surface area is 85.6 Å². The van der Waals surface area contributed by atoms with E-state index in [0.29, 0.717) is 0 Å². The molecule has 0 amide bonds. The second kappa shape index (κ2) is 6.70. The SMILES string of the molecule is CCCCCC[C@H](C)OS(=O)(O)=S. The van der Waals surface area contributed by atoms with Crippen LogP contribution >= 0.6 is 0 Å². The van der Waals surface area contributed by atoms with Gasteiger partial charge in [0.05, 0.1) is 6.10 Å². The third-order valence-electron chi connectivity index (χ3n) is 1.75. The molecule has 0 heterocycles. The third-order valence-corrected chi connectivity index (χ3v) is 2.56. The molecule has 3 nitrogen and oxygen atoms in total. The molecule has 0 aliphatic heterocycles. The van der Waals surface area contributed by atoms with Gasteiger partial charge in [-0.05, 0) is 13.3 Å². The Morgan fingerprint density at radius 2 is 2.08 bits per heavy atom. The van der Waals surface area contributed by atoms with Crippen molar-refractivity contribution in [1.29, 1.82) is 0 Å². The Hall–Kier alpha value is 0.290. The lowest BCUT2D eigenvalue weighted by Crippen LogP contribution is -2.13. The summed E-state index contributed by atoms with van der Waals surface area (Å²) in [7, 11) is -3.43. The molecule has 0 aromatic rings. The first-order valence-electron chi connectivity index (χ1n) is 4.61. The number of hydrogen-bond donors (Lipinski definition) is 1. The first-order valence-corrected chi connectivity index (χ1v) is 6.98. The zero-order chi connectivity index (χ0) is 10.3. The van der Waals surface area contributed by atoms with Crippen molar-refractivity contribution in [2.75, 3.05) is 0 Å². The predicted octanol–water partition coefficient (Wildman–Crippen LogP) is 2.50. The smallest absolute Gasteiger partial charge is 0.266 e. The highest BCUT2D eigenvalue weighted by Crippen LogP contribution is 2.09. The van der Waals surface area contributed by atoms with E-state index < -0.39 is 9.05 Å². The van der Waals surface area contributed by atoms with Gasteiger partial charge in [-0.3, -0.25) is 8.74 Å². The summed E-state index contributed by atoms with van der Waals surface area (Å²) in [6, 6.07) is 0. The van der Waals surface area contributed by atoms with Gasteiger partial charge < -0.3 is 0 Å². The topological polar surface area (TPSA) is 46.5 Å². The van der Waals surface area contributed by atoms with Crippen molar-refractivity contribution >= 4 is 20.2 Å². The molecule has 80 valence electrons. The van der Waals surface area contributed by atoms with Gasteiger partial charge in [0.25, 0.3) is 9.05 Å². The zero-order valence-electron chi connectivity index (χ0n) is 8.19. The van der Waals surface area contributed by atoms with E-state index in [9.17, 15) is 4.21 Å². The van der Waals surface area contributed by atoms with Crippen LogP contribution in [0.5, 0.6) is 0 Å². The number of unbranched alkanes of at least 4 members (excludes halogenated alkanes) is 3. The molecule has 0 fully saturated rings. The monoisotopic (exact) mass is 226 g/mol. The third kappa shape index (κ3) is 10.2. The standard InChI is InChI=1S/C8H18O3S2/c1-3-4-5-6-7-8(2)11-13(9,10)12/h8H,3-7H2,1-2H3,(H,9,10,12)/t8-/m0/s1. The molecule has 0 aromatic heterocycles. The molecule has 0 rings (SSSR count). The number of hydrogen-bond acceptors (Lipinski definition) is 3. The molecule has 0 radical (unpaired) electrons. The molecule has 5 heteroatoms. The summed E-state index contributed by atoms with van der Waals surface area (Å²) in [4.78, 5) is 0. The van der Waals surface area contributed by atoms with Crippen molar-refractivity contribution in [3.05, 3.63) is 0 Å². The van der Waals surface area contributed by atoms with Crippen LogP contribution in [0.2, 0.25) is 0 Å². The Morgan fingerprint density at radius 3 is 2.54 bits per heavy atom. The quantitative estimate of drug-likeness (QED) is 0.678. The van der Waals surface area contributed by atoms with Crippen LogP contribution in [-0.4, -0.2) is 14.9 Å². The van der Waals surface area contributed by atoms with E-state index in [-0.39, 0.29) is 6.10 Å². The van der Waals surface area contributed by atoms with Crippen LogP contribution in [0.3, 0.4) is 0 Å². The van der Waals surface area contributed by atoms with Crippen LogP contribution in [0.4, 0.5) is 0 Å². The first kappa shape index (κ1) is 13.3. The van der Waals surface area contributed by atoms with Gasteiger partial charge in [-0.2, -0.15) is 4.21 Å². The summed E-state index contributed by atoms with van der Waals surface area (Å²) in [5.41, 5.74) is 0. The number of rotatable bonds is 7. The lowest BCUT2D eigenvalue weighted by atomic mass is 10.1. The summed E-state index contributed by atoms with van der Waals surface area (Å²) in [6.07, 6.45) is 5.15. The fourth-order valence-corrected chi connectivity index (χ4v) is 2.03. The van der Waals surface area contributed by atoms with Gasteiger partial charge >= 0.3 is 0 Å². The van der Waals surface area contributed by atoms with Gasteiger partial charge in [0.15, 0.2) is 0 Å². The van der Waals surface area contributed by atoms with Gasteiger partial charge in [0, 0.05) is 11.2 Å². The highest BCUT2D eigenvalue weighted by Gasteiger charge is 2.08. The Bertz CT molecular complexity index is 211. The summed E-state index contributed by atoms with van der Waals surface area (Å²) in [5, 5.41) is 0. The van der Waals surface area contributed by atoms with Crippen molar-refractivity contribution in [1.82, 2.24) is 0 Å². The summed E-state index contributed by atoms with van der Waals surface area (Å²) in [6.45, 7) is 3.91. The van der Waals surface area contributed by atoms with Crippen molar-refractivity contribution < 1.29 is 12.9 Å². The predicted molar refractivity (Wildman–Crippen MR) is 57.4 cm³/mol. The van der Waals surface area contributed by atoms with Crippen LogP contribution < -0.4 is 0 Å². The van der Waals surface area contributed by atoms with Crippen LogP contribution in [0, 0.1) is 0 Å². The van der Waals surface area contributed by atoms with E-state index in [1.165, 1.54) is 12.8 Å². The van der Waals surface area contributed by atoms with Crippen molar-refractivity contribution in [3.63, 3.8) is 0 Å². The van der Waals surface area contributed by atoms with E-state index in [2.05, 4.69) is 18.1 Å². The maximum absolute atomic E-state index is 10.6. The largest absolute Gasteiger partial charge is 0.285 e. The maximum atomic E-state index is 10.6. The van der Waals surface area contributed by atoms with E-state index in [0.717, 1.165) is 19.3 Å². The molecule has 13 heavy (non-hydrogen) atoms. The highest BCUT2D eigenvalue weighted by molar-refractivity contribution is 8.27. The molecule has 0 saturated heterocycles. The van der Waals surface area contributed by atoms with Gasteiger partial charge in [-0.25, -0.2) is 0 Å². The molecule has 0 aromatic carbocycles. The van der Waals surface area contributed by atoms with Crippen LogP contribution in [0.25, 0.3) is 0 Å². The average molecular weight is 226 g/mol. The van der Waals surface area contributed by atoms with Crippen LogP contribution in [0.15, 0.2) is 0 Å². The molecule has 0 bridgehead atoms. The van der Waals surface area contributed by atoms with Crippen molar-refractivity contribution in [3.8, 4) is 0 Å². The fraction of sp³-hybridized carbons (Fsp3) is 1.00. The fourth-order valence-electron chi connectivity index (χ4n) is 1.11. The maximum Gasteiger partial charge on any atom is 0.266 e. The van der Waals surface area contributed by atoms with E-state index in [1.807, 2.05) is 0 Å². The van der Waals surface area contributed by atoms with E-state index in [1.54, 1.807) is 6.92 Å². The second-order valence-electron chi connectivity index (χ2n) is 3.18. The summed E-state index contributed by atoms with van der Waals surface area (Å²) >= 11 is 4.22. The molecule has 0 aliphatic rings. The van der Waals surface area contributed by atoms with Gasteiger partial charge in [0.1, 0.15) is 0 Å².